The lowest BCUT2D eigenvalue weighted by Gasteiger charge is -2.22. The van der Waals surface area contributed by atoms with Crippen LogP contribution in [-0.4, -0.2) is 22.9 Å². The first-order chi connectivity index (χ1) is 12.0. The van der Waals surface area contributed by atoms with Gasteiger partial charge in [0.1, 0.15) is 5.54 Å². The van der Waals surface area contributed by atoms with Crippen molar-refractivity contribution in [3.63, 3.8) is 0 Å². The zero-order valence-electron chi connectivity index (χ0n) is 14.1. The van der Waals surface area contributed by atoms with Crippen LogP contribution < -0.4 is 10.7 Å². The van der Waals surface area contributed by atoms with Crippen LogP contribution in [0, 0.1) is 0 Å². The maximum atomic E-state index is 12.7. The predicted molar refractivity (Wildman–Crippen MR) is 92.5 cm³/mol. The molecule has 2 aromatic carbocycles. The van der Waals surface area contributed by atoms with Gasteiger partial charge in [0.05, 0.1) is 0 Å². The van der Waals surface area contributed by atoms with E-state index >= 15 is 0 Å². The Morgan fingerprint density at radius 3 is 2.32 bits per heavy atom. The van der Waals surface area contributed by atoms with E-state index in [2.05, 4.69) is 10.7 Å². The van der Waals surface area contributed by atoms with E-state index in [0.29, 0.717) is 11.1 Å². The molecule has 0 spiro atoms. The van der Waals surface area contributed by atoms with E-state index < -0.39 is 23.4 Å². The van der Waals surface area contributed by atoms with E-state index in [9.17, 15) is 14.4 Å². The largest absolute Gasteiger partial charge is 0.344 e. The van der Waals surface area contributed by atoms with Crippen LogP contribution in [0.4, 0.5) is 4.79 Å². The van der Waals surface area contributed by atoms with Gasteiger partial charge in [0, 0.05) is 5.56 Å². The Balaban J connectivity index is 1.80. The minimum atomic E-state index is -1.21. The number of hydrogen-bond donors (Lipinski definition) is 2. The number of carbonyl (C=O) groups is 3. The molecule has 1 saturated heterocycles. The van der Waals surface area contributed by atoms with Crippen LogP contribution in [0.3, 0.4) is 0 Å². The maximum Gasteiger partial charge on any atom is 0.344 e. The summed E-state index contributed by atoms with van der Waals surface area (Å²) in [5.74, 6) is -1.04. The van der Waals surface area contributed by atoms with Crippen LogP contribution in [-0.2, 0) is 16.8 Å². The van der Waals surface area contributed by atoms with Gasteiger partial charge in [-0.05, 0) is 36.6 Å². The van der Waals surface area contributed by atoms with Gasteiger partial charge in [0.25, 0.3) is 11.8 Å². The summed E-state index contributed by atoms with van der Waals surface area (Å²) >= 11 is 0. The second-order valence-electron chi connectivity index (χ2n) is 6.05. The summed E-state index contributed by atoms with van der Waals surface area (Å²) in [5.41, 5.74) is 3.31. The Bertz CT molecular complexity index is 818. The third kappa shape index (κ3) is 2.98. The molecule has 0 aliphatic carbocycles. The number of nitrogens with one attached hydrogen (secondary N) is 2. The summed E-state index contributed by atoms with van der Waals surface area (Å²) < 4.78 is 0. The molecule has 0 radical (unpaired) electrons. The fraction of sp³-hybridized carbons (Fsp3) is 0.211. The van der Waals surface area contributed by atoms with Gasteiger partial charge in [-0.15, -0.1) is 0 Å². The Hall–Kier alpha value is -3.15. The number of aryl methyl sites for hydroxylation is 1. The van der Waals surface area contributed by atoms with E-state index in [4.69, 9.17) is 0 Å². The first kappa shape index (κ1) is 16.7. The topological polar surface area (TPSA) is 78.5 Å². The molecule has 1 fully saturated rings. The maximum absolute atomic E-state index is 12.7. The van der Waals surface area contributed by atoms with E-state index in [-0.39, 0.29) is 0 Å². The molecule has 2 N–H and O–H groups in total. The zero-order valence-corrected chi connectivity index (χ0v) is 14.1. The monoisotopic (exact) mass is 337 g/mol. The fourth-order valence-corrected chi connectivity index (χ4v) is 2.77. The molecule has 0 saturated carbocycles. The van der Waals surface area contributed by atoms with Crippen LogP contribution in [0.5, 0.6) is 0 Å². The van der Waals surface area contributed by atoms with Gasteiger partial charge in [-0.2, -0.15) is 5.01 Å². The minimum absolute atomic E-state index is 0.381. The lowest BCUT2D eigenvalue weighted by Crippen LogP contribution is -2.47. The number of carbonyl (C=O) groups excluding carboxylic acids is 3. The number of hydrogen-bond acceptors (Lipinski definition) is 3. The smallest absolute Gasteiger partial charge is 0.318 e. The average Bonchev–Trinajstić information content (AvgIpc) is 2.86. The van der Waals surface area contributed by atoms with Crippen molar-refractivity contribution in [1.29, 1.82) is 0 Å². The fourth-order valence-electron chi connectivity index (χ4n) is 2.77. The number of imide groups is 1. The Labute approximate surface area is 145 Å². The van der Waals surface area contributed by atoms with E-state index in [1.807, 2.05) is 25.1 Å². The van der Waals surface area contributed by atoms with Crippen molar-refractivity contribution in [3.05, 3.63) is 71.3 Å². The Morgan fingerprint density at radius 1 is 1.08 bits per heavy atom. The van der Waals surface area contributed by atoms with Crippen molar-refractivity contribution in [3.8, 4) is 0 Å². The van der Waals surface area contributed by atoms with Crippen molar-refractivity contribution in [1.82, 2.24) is 15.8 Å². The van der Waals surface area contributed by atoms with Crippen molar-refractivity contribution in [2.75, 3.05) is 0 Å². The molecule has 2 aromatic rings. The summed E-state index contributed by atoms with van der Waals surface area (Å²) in [7, 11) is 0. The van der Waals surface area contributed by atoms with Crippen LogP contribution in [0.15, 0.2) is 54.6 Å². The summed E-state index contributed by atoms with van der Waals surface area (Å²) in [5, 5.41) is 3.38. The summed E-state index contributed by atoms with van der Waals surface area (Å²) in [6, 6.07) is 15.3. The van der Waals surface area contributed by atoms with E-state index in [0.717, 1.165) is 17.0 Å². The number of rotatable bonds is 4. The quantitative estimate of drug-likeness (QED) is 0.841. The van der Waals surface area contributed by atoms with Crippen molar-refractivity contribution < 1.29 is 14.4 Å². The molecule has 1 aliphatic heterocycles. The molecule has 1 atom stereocenters. The van der Waals surface area contributed by atoms with Crippen LogP contribution in [0.25, 0.3) is 0 Å². The summed E-state index contributed by atoms with van der Waals surface area (Å²) in [6.45, 7) is 3.64. The third-order valence-corrected chi connectivity index (χ3v) is 4.38. The van der Waals surface area contributed by atoms with E-state index in [1.165, 1.54) is 0 Å². The lowest BCUT2D eigenvalue weighted by molar-refractivity contribution is -0.132. The molecule has 1 aliphatic rings. The standard InChI is InChI=1S/C19H19N3O3/c1-3-13-9-11-14(12-10-13)16(23)21-22-17(24)19(2,20-18(22)25)15-7-5-4-6-8-15/h4-12H,3H2,1-2H3,(H,20,25)(H,21,23)/t19-/m1/s1. The zero-order chi connectivity index (χ0) is 18.0. The Kier molecular flexibility index (Phi) is 4.27. The SMILES string of the molecule is CCc1ccc(C(=O)NN2C(=O)N[C@](C)(c3ccccc3)C2=O)cc1. The highest BCUT2D eigenvalue weighted by atomic mass is 16.2. The molecule has 0 unspecified atom stereocenters. The highest BCUT2D eigenvalue weighted by Crippen LogP contribution is 2.27. The predicted octanol–water partition coefficient (Wildman–Crippen LogP) is 2.36. The average molecular weight is 337 g/mol. The van der Waals surface area contributed by atoms with Gasteiger partial charge in [-0.25, -0.2) is 4.79 Å². The summed E-state index contributed by atoms with van der Waals surface area (Å²) in [4.78, 5) is 37.3. The number of amides is 4. The molecular weight excluding hydrogens is 318 g/mol. The molecule has 6 heteroatoms. The van der Waals surface area contributed by atoms with Crippen molar-refractivity contribution >= 4 is 17.8 Å². The van der Waals surface area contributed by atoms with Gasteiger partial charge >= 0.3 is 6.03 Å². The van der Waals surface area contributed by atoms with Gasteiger partial charge < -0.3 is 5.32 Å². The second kappa shape index (κ2) is 6.39. The van der Waals surface area contributed by atoms with Gasteiger partial charge in [-0.3, -0.25) is 15.0 Å². The highest BCUT2D eigenvalue weighted by Gasteiger charge is 2.49. The van der Waals surface area contributed by atoms with Crippen LogP contribution in [0.1, 0.15) is 35.3 Å². The number of nitrogens with zero attached hydrogens (tertiary/aromatic N) is 1. The number of hydrazine groups is 1. The first-order valence-electron chi connectivity index (χ1n) is 8.08. The molecule has 0 bridgehead atoms. The van der Waals surface area contributed by atoms with Crippen LogP contribution >= 0.6 is 0 Å². The van der Waals surface area contributed by atoms with Gasteiger partial charge in [0.2, 0.25) is 0 Å². The normalized spacial score (nSPS) is 19.7. The molecular formula is C19H19N3O3. The van der Waals surface area contributed by atoms with Gasteiger partial charge in [-0.1, -0.05) is 49.4 Å². The second-order valence-corrected chi connectivity index (χ2v) is 6.05. The lowest BCUT2D eigenvalue weighted by atomic mass is 9.92. The molecule has 1 heterocycles. The third-order valence-electron chi connectivity index (χ3n) is 4.38. The van der Waals surface area contributed by atoms with Crippen molar-refractivity contribution in [2.45, 2.75) is 25.8 Å². The van der Waals surface area contributed by atoms with E-state index in [1.54, 1.807) is 43.3 Å². The number of urea groups is 1. The molecule has 25 heavy (non-hydrogen) atoms. The minimum Gasteiger partial charge on any atom is -0.318 e. The molecule has 4 amide bonds. The molecule has 6 nitrogen and oxygen atoms in total. The first-order valence-corrected chi connectivity index (χ1v) is 8.08. The van der Waals surface area contributed by atoms with Gasteiger partial charge in [0.15, 0.2) is 0 Å². The molecule has 0 aromatic heterocycles. The summed E-state index contributed by atoms with van der Waals surface area (Å²) in [6.07, 6.45) is 0.865. The Morgan fingerprint density at radius 2 is 1.72 bits per heavy atom. The van der Waals surface area contributed by atoms with Crippen molar-refractivity contribution in [2.24, 2.45) is 0 Å². The van der Waals surface area contributed by atoms with Crippen LogP contribution in [0.2, 0.25) is 0 Å². The highest BCUT2D eigenvalue weighted by molar-refractivity contribution is 6.09. The molecule has 3 rings (SSSR count). The number of benzene rings is 2. The molecule has 128 valence electrons.